The highest BCUT2D eigenvalue weighted by molar-refractivity contribution is 7.98. The van der Waals surface area contributed by atoms with E-state index in [1.54, 1.807) is 12.1 Å². The van der Waals surface area contributed by atoms with Crippen molar-refractivity contribution in [3.63, 3.8) is 0 Å². The van der Waals surface area contributed by atoms with E-state index < -0.39 is 0 Å². The van der Waals surface area contributed by atoms with Gasteiger partial charge in [0.15, 0.2) is 11.0 Å². The van der Waals surface area contributed by atoms with Crippen molar-refractivity contribution in [1.29, 1.82) is 0 Å². The molecule has 0 spiro atoms. The summed E-state index contributed by atoms with van der Waals surface area (Å²) >= 11 is 7.43. The lowest BCUT2D eigenvalue weighted by Gasteiger charge is -2.16. The molecule has 174 valence electrons. The number of ether oxygens (including phenoxy) is 1. The number of rotatable bonds is 9. The number of aromatic nitrogens is 5. The van der Waals surface area contributed by atoms with Crippen LogP contribution in [-0.4, -0.2) is 25.0 Å². The Morgan fingerprint density at radius 2 is 1.85 bits per heavy atom. The van der Waals surface area contributed by atoms with E-state index in [0.29, 0.717) is 35.7 Å². The summed E-state index contributed by atoms with van der Waals surface area (Å²) in [6.07, 6.45) is 6.61. The third-order valence-electron chi connectivity index (χ3n) is 5.68. The van der Waals surface area contributed by atoms with Crippen LogP contribution in [0, 0.1) is 0 Å². The maximum Gasteiger partial charge on any atom is 0.247 e. The van der Waals surface area contributed by atoms with Gasteiger partial charge < -0.3 is 9.15 Å². The average Bonchev–Trinajstić information content (AvgIpc) is 3.49. The van der Waals surface area contributed by atoms with Crippen molar-refractivity contribution in [3.05, 3.63) is 83.0 Å². The van der Waals surface area contributed by atoms with Crippen LogP contribution in [0.4, 0.5) is 0 Å². The van der Waals surface area contributed by atoms with Gasteiger partial charge in [-0.2, -0.15) is 0 Å². The van der Waals surface area contributed by atoms with E-state index in [1.807, 2.05) is 28.8 Å². The second-order valence-corrected chi connectivity index (χ2v) is 9.40. The fourth-order valence-corrected chi connectivity index (χ4v) is 4.87. The van der Waals surface area contributed by atoms with Gasteiger partial charge in [0.1, 0.15) is 12.4 Å². The number of fused-ring (bicyclic) bond motifs is 1. The normalized spacial score (nSPS) is 13.0. The molecule has 2 heterocycles. The summed E-state index contributed by atoms with van der Waals surface area (Å²) < 4.78 is 13.9. The van der Waals surface area contributed by atoms with Gasteiger partial charge in [0.25, 0.3) is 0 Å². The zero-order valence-corrected chi connectivity index (χ0v) is 20.2. The van der Waals surface area contributed by atoms with Gasteiger partial charge >= 0.3 is 0 Å². The van der Waals surface area contributed by atoms with Gasteiger partial charge in [0.2, 0.25) is 11.8 Å². The number of halogens is 1. The van der Waals surface area contributed by atoms with E-state index in [9.17, 15) is 0 Å². The standard InChI is InChI=1S/C25H24ClN5O2S/c1-2-13-31-22(15-32-21-12-9-17-5-3-4-6-19(17)14-21)27-30-25(31)34-16-23-28-29-24(33-23)18-7-10-20(26)11-8-18/h2,7-12,14H,1,3-6,13,15-16H2. The lowest BCUT2D eigenvalue weighted by Crippen LogP contribution is -2.08. The van der Waals surface area contributed by atoms with Crippen LogP contribution < -0.4 is 4.74 Å². The predicted molar refractivity (Wildman–Crippen MR) is 132 cm³/mol. The third-order valence-corrected chi connectivity index (χ3v) is 6.88. The van der Waals surface area contributed by atoms with Gasteiger partial charge in [-0.15, -0.1) is 27.0 Å². The Bertz CT molecular complexity index is 1280. The van der Waals surface area contributed by atoms with Crippen molar-refractivity contribution < 1.29 is 9.15 Å². The van der Waals surface area contributed by atoms with Crippen molar-refractivity contribution in [3.8, 4) is 17.2 Å². The molecule has 0 N–H and O–H groups in total. The molecule has 0 saturated heterocycles. The molecule has 0 aliphatic heterocycles. The van der Waals surface area contributed by atoms with Crippen LogP contribution in [0.2, 0.25) is 5.02 Å². The summed E-state index contributed by atoms with van der Waals surface area (Å²) in [5.74, 6) is 3.05. The van der Waals surface area contributed by atoms with Gasteiger partial charge in [0.05, 0.1) is 5.75 Å². The molecule has 0 atom stereocenters. The van der Waals surface area contributed by atoms with Gasteiger partial charge in [-0.1, -0.05) is 35.5 Å². The Hall–Kier alpha value is -3.10. The number of hydrogen-bond donors (Lipinski definition) is 0. The van der Waals surface area contributed by atoms with Crippen LogP contribution in [0.1, 0.15) is 35.7 Å². The summed E-state index contributed by atoms with van der Waals surface area (Å²) in [5, 5.41) is 18.4. The van der Waals surface area contributed by atoms with E-state index in [0.717, 1.165) is 35.1 Å². The van der Waals surface area contributed by atoms with Crippen LogP contribution in [0.5, 0.6) is 5.75 Å². The van der Waals surface area contributed by atoms with Gasteiger partial charge in [-0.25, -0.2) is 0 Å². The maximum absolute atomic E-state index is 6.06. The van der Waals surface area contributed by atoms with E-state index in [1.165, 1.54) is 35.7 Å². The highest BCUT2D eigenvalue weighted by Crippen LogP contribution is 2.27. The molecule has 7 nitrogen and oxygen atoms in total. The Balaban J connectivity index is 1.24. The molecule has 5 rings (SSSR count). The monoisotopic (exact) mass is 493 g/mol. The van der Waals surface area contributed by atoms with Gasteiger partial charge in [0, 0.05) is 17.1 Å². The first kappa shape index (κ1) is 22.7. The Kier molecular flexibility index (Phi) is 6.97. The molecule has 2 aromatic carbocycles. The Morgan fingerprint density at radius 3 is 2.68 bits per heavy atom. The van der Waals surface area contributed by atoms with Gasteiger partial charge in [-0.3, -0.25) is 4.57 Å². The maximum atomic E-state index is 6.06. The SMILES string of the molecule is C=CCn1c(COc2ccc3c(c2)CCCC3)nnc1SCc1nnc(-c2ccc(Cl)cc2)o1. The van der Waals surface area contributed by atoms with Crippen molar-refractivity contribution >= 4 is 23.4 Å². The molecule has 0 amide bonds. The number of hydrogen-bond acceptors (Lipinski definition) is 7. The Morgan fingerprint density at radius 1 is 1.03 bits per heavy atom. The number of benzene rings is 2. The molecule has 0 saturated carbocycles. The quantitative estimate of drug-likeness (QED) is 0.211. The molecule has 1 aliphatic rings. The summed E-state index contributed by atoms with van der Waals surface area (Å²) in [5.41, 5.74) is 3.65. The molecular formula is C25H24ClN5O2S. The lowest BCUT2D eigenvalue weighted by molar-refractivity contribution is 0.288. The molecule has 4 aromatic rings. The predicted octanol–water partition coefficient (Wildman–Crippen LogP) is 5.92. The zero-order chi connectivity index (χ0) is 23.3. The van der Waals surface area contributed by atoms with Crippen LogP contribution in [0.3, 0.4) is 0 Å². The van der Waals surface area contributed by atoms with E-state index in [-0.39, 0.29) is 0 Å². The van der Waals surface area contributed by atoms with Crippen molar-refractivity contribution in [2.45, 2.75) is 49.7 Å². The molecule has 0 unspecified atom stereocenters. The zero-order valence-electron chi connectivity index (χ0n) is 18.6. The lowest BCUT2D eigenvalue weighted by atomic mass is 9.92. The number of aryl methyl sites for hydroxylation is 2. The van der Waals surface area contributed by atoms with E-state index in [4.69, 9.17) is 20.8 Å². The van der Waals surface area contributed by atoms with Crippen LogP contribution in [0.15, 0.2) is 64.7 Å². The summed E-state index contributed by atoms with van der Waals surface area (Å²) in [4.78, 5) is 0. The van der Waals surface area contributed by atoms with Crippen LogP contribution in [-0.2, 0) is 31.7 Å². The number of allylic oxidation sites excluding steroid dienone is 1. The molecule has 34 heavy (non-hydrogen) atoms. The molecular weight excluding hydrogens is 470 g/mol. The van der Waals surface area contributed by atoms with Crippen molar-refractivity contribution in [1.82, 2.24) is 25.0 Å². The molecule has 0 bridgehead atoms. The molecule has 0 radical (unpaired) electrons. The molecule has 2 aromatic heterocycles. The van der Waals surface area contributed by atoms with Crippen molar-refractivity contribution in [2.75, 3.05) is 0 Å². The van der Waals surface area contributed by atoms with E-state index in [2.05, 4.69) is 39.1 Å². The van der Waals surface area contributed by atoms with Gasteiger partial charge in [-0.05, 0) is 73.2 Å². The largest absolute Gasteiger partial charge is 0.486 e. The Labute approximate surface area is 207 Å². The minimum atomic E-state index is 0.335. The third kappa shape index (κ3) is 5.18. The molecule has 9 heteroatoms. The first-order valence-corrected chi connectivity index (χ1v) is 12.5. The number of nitrogens with zero attached hydrogens (tertiary/aromatic N) is 5. The fraction of sp³-hybridized carbons (Fsp3) is 0.280. The molecule has 0 fully saturated rings. The minimum absolute atomic E-state index is 0.335. The summed E-state index contributed by atoms with van der Waals surface area (Å²) in [6.45, 7) is 4.79. The fourth-order valence-electron chi connectivity index (χ4n) is 3.94. The van der Waals surface area contributed by atoms with E-state index >= 15 is 0 Å². The van der Waals surface area contributed by atoms with Crippen LogP contribution >= 0.6 is 23.4 Å². The molecule has 1 aliphatic carbocycles. The number of thioether (sulfide) groups is 1. The minimum Gasteiger partial charge on any atom is -0.486 e. The topological polar surface area (TPSA) is 78.9 Å². The second kappa shape index (κ2) is 10.4. The first-order chi connectivity index (χ1) is 16.7. The highest BCUT2D eigenvalue weighted by Gasteiger charge is 2.16. The second-order valence-electron chi connectivity index (χ2n) is 8.02. The highest BCUT2D eigenvalue weighted by atomic mass is 35.5. The van der Waals surface area contributed by atoms with Crippen LogP contribution in [0.25, 0.3) is 11.5 Å². The first-order valence-electron chi connectivity index (χ1n) is 11.2. The smallest absolute Gasteiger partial charge is 0.247 e. The summed E-state index contributed by atoms with van der Waals surface area (Å²) in [7, 11) is 0. The van der Waals surface area contributed by atoms with Crippen molar-refractivity contribution in [2.24, 2.45) is 0 Å². The average molecular weight is 494 g/mol. The summed E-state index contributed by atoms with van der Waals surface area (Å²) in [6, 6.07) is 13.7.